The number of hydrogen-bond acceptors (Lipinski definition) is 2. The average Bonchev–Trinajstić information content (AvgIpc) is 2.05. The fourth-order valence-corrected chi connectivity index (χ4v) is 1.61. The largest absolute Gasteiger partial charge is 0.465 e. The highest BCUT2D eigenvalue weighted by Gasteiger charge is 2.25. The van der Waals surface area contributed by atoms with E-state index in [1.54, 1.807) is 0 Å². The minimum absolute atomic E-state index is 0.0752. The Morgan fingerprint density at radius 1 is 1.58 bits per heavy atom. The van der Waals surface area contributed by atoms with Gasteiger partial charge in [0.2, 0.25) is 0 Å². The molecule has 0 radical (unpaired) electrons. The Labute approximate surface area is 71.2 Å². The monoisotopic (exact) mass is 171 g/mol. The molecular formula is C8H13NO3. The van der Waals surface area contributed by atoms with E-state index >= 15 is 0 Å². The number of amides is 1. The fraction of sp³-hybridized carbons (Fsp3) is 0.750. The Hall–Kier alpha value is -1.06. The van der Waals surface area contributed by atoms with Crippen molar-refractivity contribution in [1.82, 2.24) is 4.90 Å². The molecule has 1 fully saturated rings. The predicted octanol–water partition coefficient (Wildman–Crippen LogP) is 1.11. The Morgan fingerprint density at radius 2 is 2.33 bits per heavy atom. The molecule has 1 aliphatic rings. The van der Waals surface area contributed by atoms with Crippen molar-refractivity contribution in [2.24, 2.45) is 0 Å². The van der Waals surface area contributed by atoms with E-state index in [9.17, 15) is 9.59 Å². The lowest BCUT2D eigenvalue weighted by Crippen LogP contribution is -2.43. The molecule has 1 atom stereocenters. The summed E-state index contributed by atoms with van der Waals surface area (Å²) in [7, 11) is 0. The van der Waals surface area contributed by atoms with Gasteiger partial charge in [-0.05, 0) is 19.3 Å². The van der Waals surface area contributed by atoms with Crippen LogP contribution in [-0.4, -0.2) is 35.0 Å². The van der Waals surface area contributed by atoms with Crippen LogP contribution >= 0.6 is 0 Å². The summed E-state index contributed by atoms with van der Waals surface area (Å²) in [6.07, 6.45) is 3.01. The third-order valence-electron chi connectivity index (χ3n) is 2.24. The van der Waals surface area contributed by atoms with Gasteiger partial charge < -0.3 is 14.8 Å². The number of carboxylic acid groups (broad SMARTS) is 1. The number of nitrogens with zero attached hydrogens (tertiary/aromatic N) is 1. The molecule has 1 rings (SSSR count). The van der Waals surface area contributed by atoms with Crippen LogP contribution in [0.2, 0.25) is 0 Å². The van der Waals surface area contributed by atoms with Gasteiger partial charge in [-0.3, -0.25) is 0 Å². The second-order valence-electron chi connectivity index (χ2n) is 3.03. The minimum Gasteiger partial charge on any atom is -0.465 e. The number of carbonyl (C=O) groups excluding carboxylic acids is 1. The van der Waals surface area contributed by atoms with Gasteiger partial charge >= 0.3 is 6.09 Å². The molecule has 0 aromatic carbocycles. The second kappa shape index (κ2) is 4.09. The van der Waals surface area contributed by atoms with Crippen molar-refractivity contribution < 1.29 is 14.7 Å². The summed E-state index contributed by atoms with van der Waals surface area (Å²) >= 11 is 0. The smallest absolute Gasteiger partial charge is 0.407 e. The van der Waals surface area contributed by atoms with Crippen molar-refractivity contribution in [3.8, 4) is 0 Å². The Bertz CT molecular complexity index is 181. The molecule has 1 amide bonds. The first-order valence-electron chi connectivity index (χ1n) is 4.19. The zero-order valence-corrected chi connectivity index (χ0v) is 6.90. The first kappa shape index (κ1) is 9.03. The predicted molar refractivity (Wildman–Crippen MR) is 43.1 cm³/mol. The maximum absolute atomic E-state index is 10.6. The number of rotatable bonds is 2. The van der Waals surface area contributed by atoms with Crippen LogP contribution < -0.4 is 0 Å². The lowest BCUT2D eigenvalue weighted by molar-refractivity contribution is -0.109. The van der Waals surface area contributed by atoms with Crippen LogP contribution in [0.5, 0.6) is 0 Å². The number of hydrogen-bond donors (Lipinski definition) is 1. The Balaban J connectivity index is 2.53. The van der Waals surface area contributed by atoms with E-state index in [1.807, 2.05) is 0 Å². The van der Waals surface area contributed by atoms with E-state index in [2.05, 4.69) is 0 Å². The Morgan fingerprint density at radius 3 is 2.92 bits per heavy atom. The molecule has 0 spiro atoms. The van der Waals surface area contributed by atoms with Crippen LogP contribution in [0, 0.1) is 0 Å². The quantitative estimate of drug-likeness (QED) is 0.633. The molecule has 68 valence electrons. The van der Waals surface area contributed by atoms with Crippen molar-refractivity contribution in [1.29, 1.82) is 0 Å². The molecule has 1 unspecified atom stereocenters. The summed E-state index contributed by atoms with van der Waals surface area (Å²) in [5.74, 6) is 0. The third-order valence-corrected chi connectivity index (χ3v) is 2.24. The van der Waals surface area contributed by atoms with E-state index in [-0.39, 0.29) is 6.04 Å². The molecule has 4 nitrogen and oxygen atoms in total. The first-order valence-corrected chi connectivity index (χ1v) is 4.19. The van der Waals surface area contributed by atoms with Gasteiger partial charge in [0, 0.05) is 19.0 Å². The number of piperidine rings is 1. The highest BCUT2D eigenvalue weighted by molar-refractivity contribution is 5.66. The average molecular weight is 171 g/mol. The van der Waals surface area contributed by atoms with Gasteiger partial charge in [-0.15, -0.1) is 0 Å². The maximum Gasteiger partial charge on any atom is 0.407 e. The van der Waals surface area contributed by atoms with Gasteiger partial charge in [-0.25, -0.2) is 4.79 Å². The van der Waals surface area contributed by atoms with Gasteiger partial charge in [0.1, 0.15) is 6.29 Å². The summed E-state index contributed by atoms with van der Waals surface area (Å²) in [4.78, 5) is 22.2. The summed E-state index contributed by atoms with van der Waals surface area (Å²) in [6, 6.07) is -0.0752. The van der Waals surface area contributed by atoms with Crippen molar-refractivity contribution in [2.75, 3.05) is 6.54 Å². The van der Waals surface area contributed by atoms with Crippen molar-refractivity contribution in [3.63, 3.8) is 0 Å². The molecular weight excluding hydrogens is 158 g/mol. The fourth-order valence-electron chi connectivity index (χ4n) is 1.61. The van der Waals surface area contributed by atoms with E-state index in [0.717, 1.165) is 25.5 Å². The van der Waals surface area contributed by atoms with Crippen LogP contribution in [-0.2, 0) is 4.79 Å². The highest BCUT2D eigenvalue weighted by atomic mass is 16.4. The number of carbonyl (C=O) groups is 2. The van der Waals surface area contributed by atoms with Gasteiger partial charge in [0.25, 0.3) is 0 Å². The van der Waals surface area contributed by atoms with E-state index < -0.39 is 6.09 Å². The normalized spacial score (nSPS) is 23.7. The summed E-state index contributed by atoms with van der Waals surface area (Å²) < 4.78 is 0. The maximum atomic E-state index is 10.6. The zero-order chi connectivity index (χ0) is 8.97. The SMILES string of the molecule is O=CCC1CCCCN1C(=O)O. The Kier molecular flexibility index (Phi) is 3.08. The van der Waals surface area contributed by atoms with Gasteiger partial charge in [-0.1, -0.05) is 0 Å². The summed E-state index contributed by atoms with van der Waals surface area (Å²) in [5.41, 5.74) is 0. The van der Waals surface area contributed by atoms with E-state index in [1.165, 1.54) is 4.90 Å². The highest BCUT2D eigenvalue weighted by Crippen LogP contribution is 2.18. The second-order valence-corrected chi connectivity index (χ2v) is 3.03. The minimum atomic E-state index is -0.901. The molecule has 1 N–H and O–H groups in total. The zero-order valence-electron chi connectivity index (χ0n) is 6.90. The van der Waals surface area contributed by atoms with Crippen LogP contribution in [0.1, 0.15) is 25.7 Å². The van der Waals surface area contributed by atoms with Crippen molar-refractivity contribution in [2.45, 2.75) is 31.7 Å². The van der Waals surface area contributed by atoms with E-state index in [4.69, 9.17) is 5.11 Å². The molecule has 12 heavy (non-hydrogen) atoms. The molecule has 0 bridgehead atoms. The summed E-state index contributed by atoms with van der Waals surface area (Å²) in [5, 5.41) is 8.75. The van der Waals surface area contributed by atoms with Crippen LogP contribution in [0.15, 0.2) is 0 Å². The van der Waals surface area contributed by atoms with Gasteiger partial charge in [-0.2, -0.15) is 0 Å². The molecule has 4 heteroatoms. The number of likely N-dealkylation sites (tertiary alicyclic amines) is 1. The third kappa shape index (κ3) is 1.96. The topological polar surface area (TPSA) is 57.6 Å². The lowest BCUT2D eigenvalue weighted by atomic mass is 10.0. The lowest BCUT2D eigenvalue weighted by Gasteiger charge is -2.32. The first-order chi connectivity index (χ1) is 5.75. The van der Waals surface area contributed by atoms with Crippen LogP contribution in [0.4, 0.5) is 4.79 Å². The molecule has 0 aliphatic carbocycles. The van der Waals surface area contributed by atoms with Crippen LogP contribution in [0.3, 0.4) is 0 Å². The van der Waals surface area contributed by atoms with Crippen molar-refractivity contribution in [3.05, 3.63) is 0 Å². The molecule has 0 aromatic rings. The molecule has 0 aromatic heterocycles. The van der Waals surface area contributed by atoms with Crippen molar-refractivity contribution >= 4 is 12.4 Å². The van der Waals surface area contributed by atoms with Crippen LogP contribution in [0.25, 0.3) is 0 Å². The van der Waals surface area contributed by atoms with Gasteiger partial charge in [0.05, 0.1) is 0 Å². The molecule has 1 aliphatic heterocycles. The molecule has 1 saturated heterocycles. The summed E-state index contributed by atoms with van der Waals surface area (Å²) in [6.45, 7) is 0.577. The number of aldehydes is 1. The van der Waals surface area contributed by atoms with E-state index in [0.29, 0.717) is 13.0 Å². The van der Waals surface area contributed by atoms with Gasteiger partial charge in [0.15, 0.2) is 0 Å². The molecule has 0 saturated carbocycles. The molecule has 1 heterocycles. The standard InChI is InChI=1S/C8H13NO3/c10-6-4-7-3-1-2-5-9(7)8(11)12/h6-7H,1-5H2,(H,11,12).